The van der Waals surface area contributed by atoms with Gasteiger partial charge in [-0.1, -0.05) is 12.6 Å². The predicted octanol–water partition coefficient (Wildman–Crippen LogP) is 3.25. The highest BCUT2D eigenvalue weighted by molar-refractivity contribution is 5.91. The van der Waals surface area contributed by atoms with Crippen LogP contribution in [0, 0.1) is 18.3 Å². The third-order valence-electron chi connectivity index (χ3n) is 9.01. The SMILES string of the molecule is C=C(F)C(=O)N1CCN(c2c(C#N)c(OCC3CCCN3C)nc3c2CCN(c2c(C)ccc4[nH]c(=O)oc24)C3)CC1C. The van der Waals surface area contributed by atoms with Crippen molar-refractivity contribution in [1.29, 1.82) is 5.26 Å². The number of piperazine rings is 1. The molecule has 2 atom stereocenters. The molecule has 2 unspecified atom stereocenters. The number of aryl methyl sites for hydroxylation is 1. The molecule has 1 N–H and O–H groups in total. The minimum absolute atomic E-state index is 0.240. The first kappa shape index (κ1) is 28.7. The number of anilines is 2. The van der Waals surface area contributed by atoms with Gasteiger partial charge in [0.2, 0.25) is 5.88 Å². The molecule has 2 fully saturated rings. The van der Waals surface area contributed by atoms with Crippen molar-refractivity contribution in [3.05, 3.63) is 57.5 Å². The van der Waals surface area contributed by atoms with Gasteiger partial charge < -0.3 is 28.8 Å². The van der Waals surface area contributed by atoms with Crippen molar-refractivity contribution in [3.63, 3.8) is 0 Å². The van der Waals surface area contributed by atoms with Crippen LogP contribution in [0.4, 0.5) is 15.8 Å². The number of nitrogens with zero attached hydrogens (tertiary/aromatic N) is 6. The lowest BCUT2D eigenvalue weighted by molar-refractivity contribution is -0.131. The Morgan fingerprint density at radius 3 is 2.77 bits per heavy atom. The van der Waals surface area contributed by atoms with Crippen molar-refractivity contribution < 1.29 is 18.3 Å². The van der Waals surface area contributed by atoms with Crippen molar-refractivity contribution in [2.75, 3.05) is 56.2 Å². The van der Waals surface area contributed by atoms with E-state index < -0.39 is 17.5 Å². The molecule has 1 aromatic carbocycles. The number of amides is 1. The van der Waals surface area contributed by atoms with Crippen LogP contribution in [0.3, 0.4) is 0 Å². The fourth-order valence-corrected chi connectivity index (χ4v) is 6.76. The van der Waals surface area contributed by atoms with Crippen molar-refractivity contribution in [2.24, 2.45) is 0 Å². The molecule has 3 aliphatic rings. The number of rotatable bonds is 6. The van der Waals surface area contributed by atoms with E-state index in [1.54, 1.807) is 0 Å². The Bertz CT molecular complexity index is 1690. The topological polar surface area (TPSA) is 122 Å². The Morgan fingerprint density at radius 1 is 1.26 bits per heavy atom. The molecule has 1 amide bonds. The molecule has 226 valence electrons. The fourth-order valence-electron chi connectivity index (χ4n) is 6.76. The van der Waals surface area contributed by atoms with E-state index in [1.165, 1.54) is 4.90 Å². The van der Waals surface area contributed by atoms with E-state index in [0.717, 1.165) is 47.6 Å². The zero-order valence-electron chi connectivity index (χ0n) is 24.8. The van der Waals surface area contributed by atoms with Crippen molar-refractivity contribution in [2.45, 2.75) is 51.7 Å². The first-order valence-corrected chi connectivity index (χ1v) is 14.7. The summed E-state index contributed by atoms with van der Waals surface area (Å²) >= 11 is 0. The lowest BCUT2D eigenvalue weighted by Crippen LogP contribution is -2.54. The second kappa shape index (κ2) is 11.4. The van der Waals surface area contributed by atoms with E-state index in [0.29, 0.717) is 68.3 Å². The molecular weight excluding hydrogens is 553 g/mol. The summed E-state index contributed by atoms with van der Waals surface area (Å²) < 4.78 is 25.6. The van der Waals surface area contributed by atoms with Crippen LogP contribution in [0.5, 0.6) is 5.88 Å². The highest BCUT2D eigenvalue weighted by Crippen LogP contribution is 2.40. The monoisotopic (exact) mass is 589 g/mol. The van der Waals surface area contributed by atoms with E-state index in [9.17, 15) is 19.2 Å². The molecule has 0 bridgehead atoms. The number of pyridine rings is 1. The number of aromatic amines is 1. The number of benzene rings is 1. The summed E-state index contributed by atoms with van der Waals surface area (Å²) in [5, 5.41) is 10.5. The van der Waals surface area contributed by atoms with E-state index in [2.05, 4.69) is 39.4 Å². The minimum Gasteiger partial charge on any atom is -0.475 e. The average Bonchev–Trinajstić information content (AvgIpc) is 3.58. The molecule has 11 nitrogen and oxygen atoms in total. The number of oxazole rings is 1. The van der Waals surface area contributed by atoms with Crippen molar-refractivity contribution >= 4 is 28.4 Å². The third-order valence-corrected chi connectivity index (χ3v) is 9.01. The number of H-pyrrole nitrogens is 1. The maximum absolute atomic E-state index is 13.7. The second-order valence-electron chi connectivity index (χ2n) is 11.8. The molecule has 6 rings (SSSR count). The van der Waals surface area contributed by atoms with Gasteiger partial charge in [-0.05, 0) is 58.3 Å². The van der Waals surface area contributed by atoms with Gasteiger partial charge in [0.15, 0.2) is 11.4 Å². The maximum atomic E-state index is 13.7. The molecule has 5 heterocycles. The number of ether oxygens (including phenoxy) is 1. The van der Waals surface area contributed by atoms with Gasteiger partial charge in [0, 0.05) is 43.8 Å². The number of nitrogens with one attached hydrogen (secondary N) is 1. The smallest absolute Gasteiger partial charge is 0.417 e. The number of fused-ring (bicyclic) bond motifs is 2. The van der Waals surface area contributed by atoms with E-state index in [-0.39, 0.29) is 12.1 Å². The van der Waals surface area contributed by atoms with E-state index in [4.69, 9.17) is 14.1 Å². The standard InChI is InChI=1S/C31H36FN7O4/c1-18-7-8-24-28(43-31(41)35-24)26(18)37-11-9-22-25(16-37)34-29(42-17-21-6-5-10-36(21)4)23(14-33)27(22)38-12-13-39(19(2)15-38)30(40)20(3)32/h7-8,19,21H,3,5-6,9-13,15-17H2,1-2,4H3,(H,35,41). The van der Waals surface area contributed by atoms with Gasteiger partial charge in [-0.2, -0.15) is 5.26 Å². The molecule has 0 saturated carbocycles. The molecule has 2 saturated heterocycles. The molecule has 3 aliphatic heterocycles. The number of likely N-dealkylation sites (tertiary alicyclic amines) is 1. The summed E-state index contributed by atoms with van der Waals surface area (Å²) in [6, 6.07) is 6.12. The number of nitriles is 1. The van der Waals surface area contributed by atoms with Crippen LogP contribution in [0.25, 0.3) is 11.1 Å². The van der Waals surface area contributed by atoms with E-state index >= 15 is 0 Å². The van der Waals surface area contributed by atoms with Gasteiger partial charge >= 0.3 is 5.76 Å². The summed E-state index contributed by atoms with van der Waals surface area (Å²) in [6.07, 6.45) is 2.71. The van der Waals surface area contributed by atoms with Crippen LogP contribution in [0.2, 0.25) is 0 Å². The summed E-state index contributed by atoms with van der Waals surface area (Å²) in [4.78, 5) is 40.1. The molecule has 0 radical (unpaired) electrons. The van der Waals surface area contributed by atoms with Gasteiger partial charge in [0.1, 0.15) is 18.2 Å². The molecule has 0 aliphatic carbocycles. The first-order chi connectivity index (χ1) is 20.7. The minimum atomic E-state index is -0.976. The molecule has 0 spiro atoms. The highest BCUT2D eigenvalue weighted by Gasteiger charge is 2.35. The Kier molecular flexibility index (Phi) is 7.60. The van der Waals surface area contributed by atoms with Gasteiger partial charge in [-0.15, -0.1) is 0 Å². The lowest BCUT2D eigenvalue weighted by atomic mass is 9.96. The summed E-state index contributed by atoms with van der Waals surface area (Å²) in [7, 11) is 2.08. The number of hydrogen-bond donors (Lipinski definition) is 1. The highest BCUT2D eigenvalue weighted by atomic mass is 19.1. The largest absolute Gasteiger partial charge is 0.475 e. The quantitative estimate of drug-likeness (QED) is 0.432. The number of carbonyl (C=O) groups is 1. The molecule has 2 aromatic heterocycles. The van der Waals surface area contributed by atoms with Gasteiger partial charge in [0.05, 0.1) is 29.1 Å². The number of likely N-dealkylation sites (N-methyl/N-ethyl adjacent to an activating group) is 1. The third kappa shape index (κ3) is 5.22. The zero-order chi connectivity index (χ0) is 30.4. The second-order valence-corrected chi connectivity index (χ2v) is 11.8. The first-order valence-electron chi connectivity index (χ1n) is 14.7. The molecule has 3 aromatic rings. The van der Waals surface area contributed by atoms with Crippen molar-refractivity contribution in [1.82, 2.24) is 19.8 Å². The Labute approximate surface area is 249 Å². The summed E-state index contributed by atoms with van der Waals surface area (Å²) in [6.45, 7) is 10.7. The number of hydrogen-bond acceptors (Lipinski definition) is 9. The van der Waals surface area contributed by atoms with Gasteiger partial charge in [-0.25, -0.2) is 14.2 Å². The number of aromatic nitrogens is 2. The molecule has 43 heavy (non-hydrogen) atoms. The normalized spacial score (nSPS) is 20.8. The zero-order valence-corrected chi connectivity index (χ0v) is 24.8. The Balaban J connectivity index is 1.39. The van der Waals surface area contributed by atoms with Crippen molar-refractivity contribution in [3.8, 4) is 11.9 Å². The van der Waals surface area contributed by atoms with Crippen LogP contribution in [-0.2, 0) is 17.8 Å². The van der Waals surface area contributed by atoms with Crippen LogP contribution in [0.15, 0.2) is 33.8 Å². The van der Waals surface area contributed by atoms with Gasteiger partial charge in [0.25, 0.3) is 5.91 Å². The number of halogens is 1. The molecular formula is C31H36FN7O4. The summed E-state index contributed by atoms with van der Waals surface area (Å²) in [5.41, 5.74) is 5.83. The fraction of sp³-hybridized carbons (Fsp3) is 0.484. The predicted molar refractivity (Wildman–Crippen MR) is 160 cm³/mol. The molecule has 12 heteroatoms. The number of carbonyl (C=O) groups excluding carboxylic acids is 1. The lowest BCUT2D eigenvalue weighted by Gasteiger charge is -2.42. The average molecular weight is 590 g/mol. The van der Waals surface area contributed by atoms with Crippen LogP contribution < -0.4 is 20.3 Å². The Hall–Kier alpha value is -4.37. The van der Waals surface area contributed by atoms with Crippen LogP contribution in [-0.4, -0.2) is 84.1 Å². The van der Waals surface area contributed by atoms with E-state index in [1.807, 2.05) is 26.0 Å². The van der Waals surface area contributed by atoms with Crippen LogP contribution in [0.1, 0.15) is 42.1 Å². The Morgan fingerprint density at radius 2 is 2.07 bits per heavy atom. The van der Waals surface area contributed by atoms with Gasteiger partial charge in [-0.3, -0.25) is 9.78 Å². The summed E-state index contributed by atoms with van der Waals surface area (Å²) in [5.74, 6) is -1.89. The maximum Gasteiger partial charge on any atom is 0.417 e. The van der Waals surface area contributed by atoms with Crippen LogP contribution >= 0.6 is 0 Å².